The molecule has 114 valence electrons. The maximum Gasteiger partial charge on any atom is 0.340 e. The first kappa shape index (κ1) is 14.2. The van der Waals surface area contributed by atoms with Crippen molar-refractivity contribution in [3.63, 3.8) is 0 Å². The average molecular weight is 300 g/mol. The highest BCUT2D eigenvalue weighted by molar-refractivity contribution is 5.76. The first-order valence-electron chi connectivity index (χ1n) is 6.94. The second kappa shape index (κ2) is 5.94. The van der Waals surface area contributed by atoms with Gasteiger partial charge in [-0.1, -0.05) is 12.1 Å². The predicted octanol–water partition coefficient (Wildman–Crippen LogP) is -0.0138. The van der Waals surface area contributed by atoms with E-state index < -0.39 is 0 Å². The number of aromatic amines is 2. The van der Waals surface area contributed by atoms with E-state index in [1.54, 1.807) is 17.0 Å². The average Bonchev–Trinajstić information content (AvgIpc) is 2.94. The number of rotatable bonds is 5. The minimum absolute atomic E-state index is 0.0147. The van der Waals surface area contributed by atoms with E-state index in [1.807, 2.05) is 25.1 Å². The Labute approximate surface area is 125 Å². The Morgan fingerprint density at radius 2 is 2.14 bits per heavy atom. The van der Waals surface area contributed by atoms with Crippen molar-refractivity contribution in [2.24, 2.45) is 0 Å². The number of hydrogen-bond acceptors (Lipinski definition) is 5. The van der Waals surface area contributed by atoms with Crippen molar-refractivity contribution in [1.29, 1.82) is 0 Å². The molecule has 8 nitrogen and oxygen atoms in total. The van der Waals surface area contributed by atoms with E-state index in [9.17, 15) is 9.59 Å². The van der Waals surface area contributed by atoms with Gasteiger partial charge in [-0.05, 0) is 19.1 Å². The van der Waals surface area contributed by atoms with Gasteiger partial charge in [-0.2, -0.15) is 5.10 Å². The first-order valence-corrected chi connectivity index (χ1v) is 6.94. The van der Waals surface area contributed by atoms with E-state index in [4.69, 9.17) is 0 Å². The number of fused-ring (bicyclic) bond motifs is 1. The van der Waals surface area contributed by atoms with E-state index in [0.717, 1.165) is 0 Å². The molecule has 22 heavy (non-hydrogen) atoms. The highest BCUT2D eigenvalue weighted by Crippen LogP contribution is 2.04. The third-order valence-corrected chi connectivity index (χ3v) is 3.37. The zero-order chi connectivity index (χ0) is 15.5. The van der Waals surface area contributed by atoms with E-state index in [1.165, 1.54) is 0 Å². The summed E-state index contributed by atoms with van der Waals surface area (Å²) in [6.07, 6.45) is 1.55. The highest BCUT2D eigenvalue weighted by Gasteiger charge is 2.08. The molecule has 0 spiro atoms. The van der Waals surface area contributed by atoms with Gasteiger partial charge >= 0.3 is 5.69 Å². The van der Waals surface area contributed by atoms with Crippen molar-refractivity contribution in [3.05, 3.63) is 57.3 Å². The molecule has 1 unspecified atom stereocenters. The maximum absolute atomic E-state index is 12.4. The molecular formula is C14H16N6O2. The van der Waals surface area contributed by atoms with Crippen LogP contribution in [0.4, 0.5) is 0 Å². The van der Waals surface area contributed by atoms with Crippen LogP contribution in [0.2, 0.25) is 0 Å². The Morgan fingerprint density at radius 1 is 1.32 bits per heavy atom. The fourth-order valence-electron chi connectivity index (χ4n) is 2.26. The molecule has 2 aromatic heterocycles. The summed E-state index contributed by atoms with van der Waals surface area (Å²) < 4.78 is 1.58. The lowest BCUT2D eigenvalue weighted by Crippen LogP contribution is -2.34. The van der Waals surface area contributed by atoms with Gasteiger partial charge in [-0.25, -0.2) is 14.9 Å². The lowest BCUT2D eigenvalue weighted by molar-refractivity contribution is 0.461. The van der Waals surface area contributed by atoms with Crippen LogP contribution in [0.25, 0.3) is 10.9 Å². The van der Waals surface area contributed by atoms with Crippen LogP contribution in [0.1, 0.15) is 12.7 Å². The number of aromatic nitrogens is 5. The Morgan fingerprint density at radius 3 is 2.91 bits per heavy atom. The van der Waals surface area contributed by atoms with Crippen LogP contribution in [0, 0.1) is 0 Å². The smallest absolute Gasteiger partial charge is 0.306 e. The Balaban J connectivity index is 1.71. The monoisotopic (exact) mass is 300 g/mol. The number of nitrogens with one attached hydrogen (secondary N) is 3. The van der Waals surface area contributed by atoms with E-state index >= 15 is 0 Å². The van der Waals surface area contributed by atoms with Gasteiger partial charge in [0.2, 0.25) is 0 Å². The molecule has 0 fully saturated rings. The van der Waals surface area contributed by atoms with Crippen LogP contribution < -0.4 is 16.6 Å². The molecule has 1 atom stereocenters. The van der Waals surface area contributed by atoms with Crippen LogP contribution >= 0.6 is 0 Å². The largest absolute Gasteiger partial charge is 0.340 e. The molecule has 0 aliphatic rings. The molecule has 0 saturated carbocycles. The number of H-pyrrole nitrogens is 2. The van der Waals surface area contributed by atoms with Gasteiger partial charge in [0.15, 0.2) is 0 Å². The normalized spacial score (nSPS) is 12.6. The second-order valence-electron chi connectivity index (χ2n) is 5.13. The molecule has 0 bridgehead atoms. The van der Waals surface area contributed by atoms with Crippen molar-refractivity contribution < 1.29 is 0 Å². The molecule has 0 aliphatic carbocycles. The van der Waals surface area contributed by atoms with Crippen LogP contribution in [-0.4, -0.2) is 30.8 Å². The molecule has 0 radical (unpaired) electrons. The topological polar surface area (TPSA) is 108 Å². The quantitative estimate of drug-likeness (QED) is 0.614. The summed E-state index contributed by atoms with van der Waals surface area (Å²) in [5, 5.41) is 9.92. The molecule has 2 heterocycles. The summed E-state index contributed by atoms with van der Waals surface area (Å²) >= 11 is 0. The number of nitrogens with zero attached hydrogens (tertiary/aromatic N) is 3. The molecular weight excluding hydrogens is 284 g/mol. The molecule has 1 aromatic carbocycles. The van der Waals surface area contributed by atoms with Crippen LogP contribution in [0.3, 0.4) is 0 Å². The molecule has 3 rings (SSSR count). The van der Waals surface area contributed by atoms with Crippen molar-refractivity contribution >= 4 is 10.9 Å². The molecule has 8 heteroatoms. The Hall–Kier alpha value is -2.74. The SMILES string of the molecule is CC(Cn1cnc2ccccc2c1=O)NCc1n[nH]c(=O)[nH]1. The van der Waals surface area contributed by atoms with E-state index in [0.29, 0.717) is 29.8 Å². The lowest BCUT2D eigenvalue weighted by atomic mass is 10.2. The van der Waals surface area contributed by atoms with Crippen molar-refractivity contribution in [3.8, 4) is 0 Å². The fraction of sp³-hybridized carbons (Fsp3) is 0.286. The van der Waals surface area contributed by atoms with E-state index in [2.05, 4.69) is 25.5 Å². The number of benzene rings is 1. The lowest BCUT2D eigenvalue weighted by Gasteiger charge is -2.14. The van der Waals surface area contributed by atoms with Gasteiger partial charge in [-0.3, -0.25) is 14.3 Å². The summed E-state index contributed by atoms with van der Waals surface area (Å²) in [4.78, 5) is 30.2. The summed E-state index contributed by atoms with van der Waals surface area (Å²) in [6, 6.07) is 7.28. The molecule has 0 aliphatic heterocycles. The maximum atomic E-state index is 12.4. The summed E-state index contributed by atoms with van der Waals surface area (Å²) in [5.74, 6) is 0.529. The zero-order valence-corrected chi connectivity index (χ0v) is 12.0. The molecule has 0 saturated heterocycles. The second-order valence-corrected chi connectivity index (χ2v) is 5.13. The van der Waals surface area contributed by atoms with Crippen LogP contribution in [0.15, 0.2) is 40.2 Å². The van der Waals surface area contributed by atoms with Gasteiger partial charge in [-0.15, -0.1) is 0 Å². The van der Waals surface area contributed by atoms with Crippen LogP contribution in [0.5, 0.6) is 0 Å². The summed E-state index contributed by atoms with van der Waals surface area (Å²) in [6.45, 7) is 2.84. The standard InChI is InChI=1S/C14H16N6O2/c1-9(15-6-12-17-14(22)19-18-12)7-20-8-16-11-5-3-2-4-10(11)13(20)21/h2-5,8-9,15H,6-7H2,1H3,(H2,17,18,19,22). The van der Waals surface area contributed by atoms with Crippen molar-refractivity contribution in [1.82, 2.24) is 30.0 Å². The molecule has 3 aromatic rings. The summed E-state index contributed by atoms with van der Waals surface area (Å²) in [7, 11) is 0. The molecule has 3 N–H and O–H groups in total. The number of hydrogen-bond donors (Lipinski definition) is 3. The van der Waals surface area contributed by atoms with Gasteiger partial charge in [0.05, 0.1) is 23.8 Å². The summed E-state index contributed by atoms with van der Waals surface area (Å²) in [5.41, 5.74) is 0.297. The molecule has 0 amide bonds. The third kappa shape index (κ3) is 2.96. The minimum Gasteiger partial charge on any atom is -0.306 e. The van der Waals surface area contributed by atoms with Gasteiger partial charge < -0.3 is 5.32 Å². The van der Waals surface area contributed by atoms with Gasteiger partial charge in [0, 0.05) is 12.6 Å². The first-order chi connectivity index (χ1) is 10.6. The van der Waals surface area contributed by atoms with Gasteiger partial charge in [0.25, 0.3) is 5.56 Å². The Kier molecular flexibility index (Phi) is 3.84. The van der Waals surface area contributed by atoms with Crippen molar-refractivity contribution in [2.75, 3.05) is 0 Å². The number of para-hydroxylation sites is 1. The van der Waals surface area contributed by atoms with Crippen LogP contribution in [-0.2, 0) is 13.1 Å². The highest BCUT2D eigenvalue weighted by atomic mass is 16.1. The third-order valence-electron chi connectivity index (χ3n) is 3.37. The fourth-order valence-corrected chi connectivity index (χ4v) is 2.26. The minimum atomic E-state index is -0.334. The predicted molar refractivity (Wildman–Crippen MR) is 81.5 cm³/mol. The zero-order valence-electron chi connectivity index (χ0n) is 12.0. The van der Waals surface area contributed by atoms with Crippen molar-refractivity contribution in [2.45, 2.75) is 26.1 Å². The van der Waals surface area contributed by atoms with Gasteiger partial charge in [0.1, 0.15) is 5.82 Å². The Bertz CT molecular complexity index is 894. The van der Waals surface area contributed by atoms with E-state index in [-0.39, 0.29) is 17.3 Å².